The second kappa shape index (κ2) is 3.43. The summed E-state index contributed by atoms with van der Waals surface area (Å²) in [5.41, 5.74) is 0. The highest BCUT2D eigenvalue weighted by atomic mass is 19.3. The molecule has 1 rings (SSSR count). The number of halogens is 1. The van der Waals surface area contributed by atoms with Gasteiger partial charge in [0.1, 0.15) is 5.92 Å². The van der Waals surface area contributed by atoms with E-state index in [1.165, 1.54) is 0 Å². The fourth-order valence-electron chi connectivity index (χ4n) is 1.05. The fraction of sp³-hybridized carbons (Fsp3) is 0.667. The number of rotatable bonds is 1. The van der Waals surface area contributed by atoms with Crippen LogP contribution in [0.3, 0.4) is 0 Å². The van der Waals surface area contributed by atoms with Gasteiger partial charge in [0.05, 0.1) is 6.54 Å². The predicted octanol–water partition coefficient (Wildman–Crippen LogP) is -0.407. The Morgan fingerprint density at radius 1 is 1.73 bits per heavy atom. The summed E-state index contributed by atoms with van der Waals surface area (Å²) < 4.78 is 11.3. The first-order chi connectivity index (χ1) is 5.25. The van der Waals surface area contributed by atoms with Gasteiger partial charge in [0.15, 0.2) is 5.78 Å². The van der Waals surface area contributed by atoms with Gasteiger partial charge >= 0.3 is 5.97 Å². The molecule has 0 saturated carbocycles. The Bertz CT molecular complexity index is 175. The number of ketones is 1. The zero-order valence-corrected chi connectivity index (χ0v) is 5.80. The topological polar surface area (TPSA) is 55.4 Å². The molecular weight excluding hydrogens is 153 g/mol. The first-order valence-corrected chi connectivity index (χ1v) is 3.31. The Hall–Kier alpha value is -0.970. The first kappa shape index (κ1) is 8.13. The lowest BCUT2D eigenvalue weighted by molar-refractivity contribution is -0.190. The number of hydrogen-bond donors (Lipinski definition) is 1. The quantitative estimate of drug-likeness (QED) is 0.531. The Balaban J connectivity index is 2.54. The van der Waals surface area contributed by atoms with Crippen LogP contribution < -0.4 is 5.32 Å². The van der Waals surface area contributed by atoms with Crippen LogP contribution in [0, 0.1) is 5.92 Å². The van der Waals surface area contributed by atoms with E-state index >= 15 is 0 Å². The van der Waals surface area contributed by atoms with Crippen LogP contribution in [-0.2, 0) is 14.5 Å². The van der Waals surface area contributed by atoms with Gasteiger partial charge in [0, 0.05) is 4.53 Å². The number of carbonyl (C=O) groups excluding carboxylic acids is 2. The van der Waals surface area contributed by atoms with Crippen molar-refractivity contribution in [1.82, 2.24) is 5.32 Å². The average Bonchev–Trinajstić information content (AvgIpc) is 2.04. The van der Waals surface area contributed by atoms with Gasteiger partial charge in [-0.2, -0.15) is 0 Å². The van der Waals surface area contributed by atoms with Crippen molar-refractivity contribution in [2.75, 3.05) is 13.1 Å². The minimum atomic E-state index is -1.07. The molecule has 1 N–H and O–H groups in total. The fourth-order valence-corrected chi connectivity index (χ4v) is 1.05. The minimum Gasteiger partial charge on any atom is -0.310 e. The summed E-state index contributed by atoms with van der Waals surface area (Å²) >= 11 is 0. The van der Waals surface area contributed by atoms with E-state index in [-0.39, 0.29) is 12.3 Å². The minimum absolute atomic E-state index is 0.125. The van der Waals surface area contributed by atoms with Gasteiger partial charge in [0.25, 0.3) is 0 Å². The highest BCUT2D eigenvalue weighted by Crippen LogP contribution is 2.09. The second-order valence-corrected chi connectivity index (χ2v) is 2.38. The van der Waals surface area contributed by atoms with Crippen molar-refractivity contribution in [3.8, 4) is 0 Å². The summed E-state index contributed by atoms with van der Waals surface area (Å²) in [6, 6.07) is 0. The summed E-state index contributed by atoms with van der Waals surface area (Å²) in [7, 11) is 0. The summed E-state index contributed by atoms with van der Waals surface area (Å²) in [5.74, 6) is -2.28. The molecule has 1 fully saturated rings. The molecule has 0 radical (unpaired) electrons. The van der Waals surface area contributed by atoms with Crippen LogP contribution in [-0.4, -0.2) is 24.8 Å². The number of carbonyl (C=O) groups is 2. The molecule has 0 aliphatic carbocycles. The molecular formula is C6H8FNO3. The van der Waals surface area contributed by atoms with Crippen molar-refractivity contribution < 1.29 is 19.1 Å². The highest BCUT2D eigenvalue weighted by Gasteiger charge is 2.30. The monoisotopic (exact) mass is 161 g/mol. The summed E-state index contributed by atoms with van der Waals surface area (Å²) in [6.45, 7) is 0.672. The number of nitrogens with one attached hydrogen (secondary N) is 1. The largest absolute Gasteiger partial charge is 0.359 e. The van der Waals surface area contributed by atoms with Crippen LogP contribution in [0.5, 0.6) is 0 Å². The molecule has 1 unspecified atom stereocenters. The predicted molar refractivity (Wildman–Crippen MR) is 33.2 cm³/mol. The summed E-state index contributed by atoms with van der Waals surface area (Å²) in [5, 5.41) is 2.76. The average molecular weight is 161 g/mol. The van der Waals surface area contributed by atoms with Gasteiger partial charge in [-0.05, 0) is 13.0 Å². The lowest BCUT2D eigenvalue weighted by Gasteiger charge is -2.17. The lowest BCUT2D eigenvalue weighted by atomic mass is 9.97. The number of piperidine rings is 1. The SMILES string of the molecule is O=C1CNCCC1C(=O)OF. The normalized spacial score (nSPS) is 24.8. The van der Waals surface area contributed by atoms with Crippen LogP contribution in [0.1, 0.15) is 6.42 Å². The van der Waals surface area contributed by atoms with Crippen LogP contribution in [0.2, 0.25) is 0 Å². The Morgan fingerprint density at radius 2 is 2.45 bits per heavy atom. The lowest BCUT2D eigenvalue weighted by Crippen LogP contribution is -2.40. The zero-order chi connectivity index (χ0) is 8.27. The molecule has 1 atom stereocenters. The van der Waals surface area contributed by atoms with E-state index in [4.69, 9.17) is 0 Å². The Kier molecular flexibility index (Phi) is 2.53. The van der Waals surface area contributed by atoms with Crippen molar-refractivity contribution in [2.24, 2.45) is 5.92 Å². The molecule has 1 heterocycles. The molecule has 5 heteroatoms. The number of hydrogen-bond acceptors (Lipinski definition) is 4. The molecule has 0 aromatic rings. The van der Waals surface area contributed by atoms with E-state index in [0.717, 1.165) is 0 Å². The van der Waals surface area contributed by atoms with Crippen LogP contribution in [0.15, 0.2) is 0 Å². The van der Waals surface area contributed by atoms with E-state index in [0.29, 0.717) is 13.0 Å². The third kappa shape index (κ3) is 1.74. The maximum atomic E-state index is 11.3. The van der Waals surface area contributed by atoms with Gasteiger partial charge < -0.3 is 5.32 Å². The van der Waals surface area contributed by atoms with Gasteiger partial charge in [-0.1, -0.05) is 0 Å². The second-order valence-electron chi connectivity index (χ2n) is 2.38. The van der Waals surface area contributed by atoms with Gasteiger partial charge in [-0.15, -0.1) is 0 Å². The maximum absolute atomic E-state index is 11.3. The molecule has 1 aliphatic rings. The molecule has 1 aliphatic heterocycles. The van der Waals surface area contributed by atoms with E-state index < -0.39 is 11.9 Å². The molecule has 0 aromatic heterocycles. The van der Waals surface area contributed by atoms with Crippen molar-refractivity contribution >= 4 is 11.8 Å². The standard InChI is InChI=1S/C6H8FNO3/c7-11-6(10)4-1-2-8-3-5(4)9/h4,8H,1-3H2. The third-order valence-electron chi connectivity index (χ3n) is 1.66. The van der Waals surface area contributed by atoms with Crippen molar-refractivity contribution in [1.29, 1.82) is 0 Å². The van der Waals surface area contributed by atoms with E-state index in [2.05, 4.69) is 10.3 Å². The Labute approximate surface area is 62.6 Å². The first-order valence-electron chi connectivity index (χ1n) is 3.31. The highest BCUT2D eigenvalue weighted by molar-refractivity contribution is 6.00. The molecule has 11 heavy (non-hydrogen) atoms. The smallest absolute Gasteiger partial charge is 0.310 e. The van der Waals surface area contributed by atoms with Crippen molar-refractivity contribution in [2.45, 2.75) is 6.42 Å². The molecule has 62 valence electrons. The molecule has 0 spiro atoms. The molecule has 0 bridgehead atoms. The summed E-state index contributed by atoms with van der Waals surface area (Å²) in [6.07, 6.45) is 0.321. The van der Waals surface area contributed by atoms with Crippen molar-refractivity contribution in [3.63, 3.8) is 0 Å². The van der Waals surface area contributed by atoms with Crippen molar-refractivity contribution in [3.05, 3.63) is 0 Å². The summed E-state index contributed by atoms with van der Waals surface area (Å²) in [4.78, 5) is 24.4. The molecule has 1 saturated heterocycles. The maximum Gasteiger partial charge on any atom is 0.359 e. The van der Waals surface area contributed by atoms with Crippen LogP contribution in [0.4, 0.5) is 4.53 Å². The third-order valence-corrected chi connectivity index (χ3v) is 1.66. The van der Waals surface area contributed by atoms with E-state index in [1.54, 1.807) is 0 Å². The van der Waals surface area contributed by atoms with Gasteiger partial charge in [-0.25, -0.2) is 4.79 Å². The Morgan fingerprint density at radius 3 is 3.00 bits per heavy atom. The van der Waals surface area contributed by atoms with E-state index in [9.17, 15) is 14.1 Å². The molecule has 0 amide bonds. The van der Waals surface area contributed by atoms with Crippen LogP contribution in [0.25, 0.3) is 0 Å². The molecule has 0 aromatic carbocycles. The van der Waals surface area contributed by atoms with Crippen LogP contribution >= 0.6 is 0 Å². The number of Topliss-reactive ketones (excluding diaryl/α,β-unsaturated/α-hetero) is 1. The zero-order valence-electron chi connectivity index (χ0n) is 5.80. The van der Waals surface area contributed by atoms with E-state index in [1.807, 2.05) is 0 Å². The molecule has 4 nitrogen and oxygen atoms in total. The van der Waals surface area contributed by atoms with Gasteiger partial charge in [-0.3, -0.25) is 9.74 Å². The van der Waals surface area contributed by atoms with Gasteiger partial charge in [0.2, 0.25) is 0 Å².